The number of benzene rings is 1. The lowest BCUT2D eigenvalue weighted by Gasteiger charge is -2.33. The van der Waals surface area contributed by atoms with E-state index in [4.69, 9.17) is 4.74 Å². The Morgan fingerprint density at radius 2 is 2.00 bits per heavy atom. The molecule has 0 radical (unpaired) electrons. The first-order valence-electron chi connectivity index (χ1n) is 7.43. The SMILES string of the molecule is CCC(C)(C)C(=O)OC1(c2cccc(O)c2)CCCC1. The molecule has 0 spiro atoms. The van der Waals surface area contributed by atoms with Gasteiger partial charge in [0.2, 0.25) is 0 Å². The van der Waals surface area contributed by atoms with Crippen LogP contribution in [0, 0.1) is 5.41 Å². The molecule has 3 nitrogen and oxygen atoms in total. The van der Waals surface area contributed by atoms with Crippen LogP contribution >= 0.6 is 0 Å². The van der Waals surface area contributed by atoms with Crippen LogP contribution in [0.4, 0.5) is 0 Å². The summed E-state index contributed by atoms with van der Waals surface area (Å²) in [4.78, 5) is 12.4. The molecule has 20 heavy (non-hydrogen) atoms. The van der Waals surface area contributed by atoms with Gasteiger partial charge < -0.3 is 9.84 Å². The van der Waals surface area contributed by atoms with Crippen LogP contribution in [0.15, 0.2) is 24.3 Å². The fourth-order valence-corrected chi connectivity index (χ4v) is 2.65. The van der Waals surface area contributed by atoms with E-state index in [0.29, 0.717) is 0 Å². The quantitative estimate of drug-likeness (QED) is 0.841. The topological polar surface area (TPSA) is 46.5 Å². The predicted octanol–water partition coefficient (Wildman–Crippen LogP) is 4.14. The Hall–Kier alpha value is -1.51. The van der Waals surface area contributed by atoms with Crippen LogP contribution in [0.5, 0.6) is 5.75 Å². The monoisotopic (exact) mass is 276 g/mol. The minimum Gasteiger partial charge on any atom is -0.508 e. The van der Waals surface area contributed by atoms with Crippen molar-refractivity contribution in [3.8, 4) is 5.75 Å². The molecule has 110 valence electrons. The first-order chi connectivity index (χ1) is 9.39. The van der Waals surface area contributed by atoms with Gasteiger partial charge in [0.1, 0.15) is 11.4 Å². The second-order valence-electron chi connectivity index (χ2n) is 6.38. The van der Waals surface area contributed by atoms with Crippen molar-refractivity contribution in [3.63, 3.8) is 0 Å². The summed E-state index contributed by atoms with van der Waals surface area (Å²) in [5.41, 5.74) is -0.107. The highest BCUT2D eigenvalue weighted by Crippen LogP contribution is 2.44. The average Bonchev–Trinajstić information content (AvgIpc) is 2.88. The second-order valence-corrected chi connectivity index (χ2v) is 6.38. The number of ether oxygens (including phenoxy) is 1. The molecule has 1 saturated carbocycles. The molecule has 1 aliphatic rings. The Kier molecular flexibility index (Phi) is 4.07. The van der Waals surface area contributed by atoms with Crippen LogP contribution in [0.1, 0.15) is 58.4 Å². The summed E-state index contributed by atoms with van der Waals surface area (Å²) in [5, 5.41) is 9.69. The molecule has 1 aliphatic carbocycles. The Morgan fingerprint density at radius 3 is 2.55 bits per heavy atom. The number of carbonyl (C=O) groups is 1. The van der Waals surface area contributed by atoms with E-state index >= 15 is 0 Å². The van der Waals surface area contributed by atoms with Crippen molar-refractivity contribution in [1.29, 1.82) is 0 Å². The summed E-state index contributed by atoms with van der Waals surface area (Å²) in [6.45, 7) is 5.83. The number of carbonyl (C=O) groups excluding carboxylic acids is 1. The number of phenolic OH excluding ortho intramolecular Hbond substituents is 1. The van der Waals surface area contributed by atoms with Crippen LogP contribution in [0.2, 0.25) is 0 Å². The highest BCUT2D eigenvalue weighted by molar-refractivity contribution is 5.76. The van der Waals surface area contributed by atoms with Gasteiger partial charge in [0.25, 0.3) is 0 Å². The minimum atomic E-state index is -0.553. The van der Waals surface area contributed by atoms with E-state index in [2.05, 4.69) is 0 Å². The van der Waals surface area contributed by atoms with E-state index in [-0.39, 0.29) is 11.7 Å². The van der Waals surface area contributed by atoms with Crippen molar-refractivity contribution in [2.24, 2.45) is 5.41 Å². The highest BCUT2D eigenvalue weighted by atomic mass is 16.6. The zero-order valence-electron chi connectivity index (χ0n) is 12.6. The predicted molar refractivity (Wildman–Crippen MR) is 78.4 cm³/mol. The van der Waals surface area contributed by atoms with Crippen LogP contribution in [-0.4, -0.2) is 11.1 Å². The van der Waals surface area contributed by atoms with Crippen molar-refractivity contribution < 1.29 is 14.6 Å². The van der Waals surface area contributed by atoms with Crippen LogP contribution < -0.4 is 0 Å². The van der Waals surface area contributed by atoms with Crippen molar-refractivity contribution in [2.45, 2.75) is 58.5 Å². The number of rotatable bonds is 4. The van der Waals surface area contributed by atoms with E-state index in [1.807, 2.05) is 32.9 Å². The maximum Gasteiger partial charge on any atom is 0.312 e. The summed E-state index contributed by atoms with van der Waals surface area (Å²) >= 11 is 0. The van der Waals surface area contributed by atoms with Crippen LogP contribution in [-0.2, 0) is 15.1 Å². The first-order valence-corrected chi connectivity index (χ1v) is 7.43. The fourth-order valence-electron chi connectivity index (χ4n) is 2.65. The molecule has 0 saturated heterocycles. The molecule has 0 unspecified atom stereocenters. The fraction of sp³-hybridized carbons (Fsp3) is 0.588. The molecule has 0 amide bonds. The smallest absolute Gasteiger partial charge is 0.312 e. The van der Waals surface area contributed by atoms with Gasteiger partial charge in [-0.25, -0.2) is 0 Å². The summed E-state index contributed by atoms with van der Waals surface area (Å²) in [6, 6.07) is 7.11. The average molecular weight is 276 g/mol. The Labute approximate surface area is 121 Å². The minimum absolute atomic E-state index is 0.148. The maximum absolute atomic E-state index is 12.4. The molecule has 0 heterocycles. The molecule has 2 rings (SSSR count). The molecule has 1 fully saturated rings. The molecular weight excluding hydrogens is 252 g/mol. The van der Waals surface area contributed by atoms with Gasteiger partial charge in [-0.3, -0.25) is 4.79 Å². The van der Waals surface area contributed by atoms with Crippen molar-refractivity contribution in [2.75, 3.05) is 0 Å². The van der Waals surface area contributed by atoms with Gasteiger partial charge >= 0.3 is 5.97 Å². The lowest BCUT2D eigenvalue weighted by molar-refractivity contribution is -0.171. The number of esters is 1. The molecule has 1 aromatic rings. The number of aromatic hydroxyl groups is 1. The third-order valence-electron chi connectivity index (χ3n) is 4.51. The largest absolute Gasteiger partial charge is 0.508 e. The van der Waals surface area contributed by atoms with Gasteiger partial charge in [0.15, 0.2) is 0 Å². The number of hydrogen-bond donors (Lipinski definition) is 1. The number of hydrogen-bond acceptors (Lipinski definition) is 3. The van der Waals surface area contributed by atoms with Gasteiger partial charge in [0.05, 0.1) is 5.41 Å². The molecule has 0 aromatic heterocycles. The lowest BCUT2D eigenvalue weighted by atomic mass is 9.88. The van der Waals surface area contributed by atoms with E-state index in [1.54, 1.807) is 12.1 Å². The molecule has 3 heteroatoms. The molecule has 1 N–H and O–H groups in total. The van der Waals surface area contributed by atoms with Crippen molar-refractivity contribution in [3.05, 3.63) is 29.8 Å². The van der Waals surface area contributed by atoms with Gasteiger partial charge in [-0.05, 0) is 63.6 Å². The van der Waals surface area contributed by atoms with Crippen LogP contribution in [0.25, 0.3) is 0 Å². The molecule has 0 bridgehead atoms. The third kappa shape index (κ3) is 2.82. The third-order valence-corrected chi connectivity index (χ3v) is 4.51. The number of phenols is 1. The molecular formula is C17H24O3. The van der Waals surface area contributed by atoms with E-state index < -0.39 is 11.0 Å². The summed E-state index contributed by atoms with van der Waals surface area (Å²) in [5.74, 6) is 0.0739. The molecule has 1 aromatic carbocycles. The van der Waals surface area contributed by atoms with Gasteiger partial charge in [-0.2, -0.15) is 0 Å². The van der Waals surface area contributed by atoms with E-state index in [1.165, 1.54) is 0 Å². The highest BCUT2D eigenvalue weighted by Gasteiger charge is 2.42. The Balaban J connectivity index is 2.29. The first kappa shape index (κ1) is 14.9. The van der Waals surface area contributed by atoms with Gasteiger partial charge in [-0.1, -0.05) is 19.1 Å². The van der Waals surface area contributed by atoms with E-state index in [0.717, 1.165) is 37.7 Å². The zero-order chi connectivity index (χ0) is 14.8. The Morgan fingerprint density at radius 1 is 1.35 bits per heavy atom. The summed E-state index contributed by atoms with van der Waals surface area (Å²) in [7, 11) is 0. The summed E-state index contributed by atoms with van der Waals surface area (Å²) < 4.78 is 5.95. The Bertz CT molecular complexity index is 485. The van der Waals surface area contributed by atoms with Crippen molar-refractivity contribution in [1.82, 2.24) is 0 Å². The normalized spacial score (nSPS) is 17.9. The second kappa shape index (κ2) is 5.47. The van der Waals surface area contributed by atoms with Crippen LogP contribution in [0.3, 0.4) is 0 Å². The van der Waals surface area contributed by atoms with E-state index in [9.17, 15) is 9.90 Å². The molecule has 0 atom stereocenters. The lowest BCUT2D eigenvalue weighted by Crippen LogP contribution is -2.36. The molecule has 0 aliphatic heterocycles. The standard InChI is InChI=1S/C17H24O3/c1-4-16(2,3)15(19)20-17(10-5-6-11-17)13-8-7-9-14(18)12-13/h7-9,12,18H,4-6,10-11H2,1-3H3. The summed E-state index contributed by atoms with van der Waals surface area (Å²) in [6.07, 6.45) is 4.52. The van der Waals surface area contributed by atoms with Gasteiger partial charge in [0, 0.05) is 0 Å². The zero-order valence-corrected chi connectivity index (χ0v) is 12.6. The maximum atomic E-state index is 12.4. The van der Waals surface area contributed by atoms with Gasteiger partial charge in [-0.15, -0.1) is 0 Å². The van der Waals surface area contributed by atoms with Crippen molar-refractivity contribution >= 4 is 5.97 Å².